The van der Waals surface area contributed by atoms with E-state index in [-0.39, 0.29) is 24.1 Å². The van der Waals surface area contributed by atoms with E-state index in [1.807, 2.05) is 13.8 Å². The van der Waals surface area contributed by atoms with Crippen LogP contribution >= 0.6 is 11.8 Å². The van der Waals surface area contributed by atoms with Crippen molar-refractivity contribution in [3.8, 4) is 0 Å². The highest BCUT2D eigenvalue weighted by molar-refractivity contribution is 7.99. The fourth-order valence-electron chi connectivity index (χ4n) is 5.20. The Morgan fingerprint density at radius 2 is 1.97 bits per heavy atom. The van der Waals surface area contributed by atoms with Gasteiger partial charge in [0, 0.05) is 24.1 Å². The average molecular weight is 519 g/mol. The van der Waals surface area contributed by atoms with E-state index in [1.165, 1.54) is 6.07 Å². The number of thioether (sulfide) groups is 1. The molecule has 3 aliphatic rings. The Morgan fingerprint density at radius 3 is 2.75 bits per heavy atom. The minimum absolute atomic E-state index is 0.00665. The molecule has 12 heteroatoms. The summed E-state index contributed by atoms with van der Waals surface area (Å²) in [5.74, 6) is -1.04. The van der Waals surface area contributed by atoms with Gasteiger partial charge in [0.15, 0.2) is 39.6 Å². The molecule has 2 aliphatic carbocycles. The van der Waals surface area contributed by atoms with Gasteiger partial charge in [-0.05, 0) is 44.4 Å². The molecule has 1 saturated heterocycles. The fourth-order valence-corrected chi connectivity index (χ4v) is 5.89. The van der Waals surface area contributed by atoms with Crippen molar-refractivity contribution in [3.63, 3.8) is 0 Å². The van der Waals surface area contributed by atoms with Crippen LogP contribution in [0.5, 0.6) is 0 Å². The van der Waals surface area contributed by atoms with E-state index >= 15 is 0 Å². The first-order chi connectivity index (χ1) is 17.2. The van der Waals surface area contributed by atoms with E-state index in [9.17, 15) is 13.9 Å². The molecule has 3 aromatic rings. The maximum Gasteiger partial charge on any atom is 0.191 e. The Bertz CT molecular complexity index is 1310. The predicted molar refractivity (Wildman–Crippen MR) is 129 cm³/mol. The number of ether oxygens (including phenoxy) is 2. The van der Waals surface area contributed by atoms with E-state index in [1.54, 1.807) is 22.5 Å². The normalized spacial score (nSPS) is 30.6. The number of aliphatic hydroxyl groups excluding tert-OH is 1. The Morgan fingerprint density at radius 1 is 1.17 bits per heavy atom. The highest BCUT2D eigenvalue weighted by atomic mass is 32.2. The van der Waals surface area contributed by atoms with E-state index < -0.39 is 29.6 Å². The lowest BCUT2D eigenvalue weighted by atomic mass is 10.1. The number of nitrogens with one attached hydrogen (secondary N) is 1. The van der Waals surface area contributed by atoms with Crippen molar-refractivity contribution < 1.29 is 23.4 Å². The van der Waals surface area contributed by atoms with E-state index in [0.717, 1.165) is 30.2 Å². The van der Waals surface area contributed by atoms with Gasteiger partial charge in [-0.2, -0.15) is 0 Å². The third-order valence-corrected chi connectivity index (χ3v) is 8.00. The Labute approximate surface area is 211 Å². The number of hydrogen-bond donors (Lipinski definition) is 2. The molecule has 3 heterocycles. The molecule has 9 nitrogen and oxygen atoms in total. The number of rotatable bonds is 7. The summed E-state index contributed by atoms with van der Waals surface area (Å²) in [4.78, 5) is 9.47. The third-order valence-electron chi connectivity index (χ3n) is 6.94. The zero-order chi connectivity index (χ0) is 25.2. The minimum atomic E-state index is -0.852. The van der Waals surface area contributed by atoms with Crippen molar-refractivity contribution in [2.45, 2.75) is 87.3 Å². The summed E-state index contributed by atoms with van der Waals surface area (Å²) in [6.07, 6.45) is 0.639. The minimum Gasteiger partial charge on any atom is -0.390 e. The van der Waals surface area contributed by atoms with Crippen LogP contribution in [0, 0.1) is 11.6 Å². The highest BCUT2D eigenvalue weighted by Crippen LogP contribution is 2.46. The molecule has 36 heavy (non-hydrogen) atoms. The van der Waals surface area contributed by atoms with Gasteiger partial charge in [-0.15, -0.1) is 5.10 Å². The second-order valence-electron chi connectivity index (χ2n) is 10.1. The van der Waals surface area contributed by atoms with Gasteiger partial charge in [-0.25, -0.2) is 23.4 Å². The van der Waals surface area contributed by atoms with Gasteiger partial charge in [-0.1, -0.05) is 30.0 Å². The van der Waals surface area contributed by atoms with Crippen LogP contribution in [0.3, 0.4) is 0 Å². The molecule has 192 valence electrons. The number of aliphatic hydroxyl groups is 1. The SMILES string of the molecule is CCCSc1nc(N[C@@H]2C[C@H]2c2ccc(F)c(F)c2)c2nnn([C@H]3C[C@@H](O)[C@@H]4OC(C)(C)O[C@@H]43)c2n1. The number of halogens is 2. The van der Waals surface area contributed by atoms with Crippen LogP contribution < -0.4 is 5.32 Å². The summed E-state index contributed by atoms with van der Waals surface area (Å²) in [6, 6.07) is 3.74. The monoisotopic (exact) mass is 518 g/mol. The number of anilines is 1. The zero-order valence-corrected chi connectivity index (χ0v) is 21.0. The van der Waals surface area contributed by atoms with Gasteiger partial charge in [0.1, 0.15) is 12.2 Å². The molecule has 0 bridgehead atoms. The largest absolute Gasteiger partial charge is 0.390 e. The molecule has 6 rings (SSSR count). The molecule has 0 radical (unpaired) electrons. The molecular weight excluding hydrogens is 490 g/mol. The number of nitrogens with zero attached hydrogens (tertiary/aromatic N) is 5. The van der Waals surface area contributed by atoms with Gasteiger partial charge < -0.3 is 19.9 Å². The maximum atomic E-state index is 13.7. The Kier molecular flexibility index (Phi) is 5.90. The summed E-state index contributed by atoms with van der Waals surface area (Å²) in [5, 5.41) is 23.5. The van der Waals surface area contributed by atoms with Gasteiger partial charge in [0.05, 0.1) is 12.1 Å². The van der Waals surface area contributed by atoms with E-state index in [2.05, 4.69) is 22.6 Å². The van der Waals surface area contributed by atoms with Gasteiger partial charge >= 0.3 is 0 Å². The van der Waals surface area contributed by atoms with Crippen LogP contribution in [0.1, 0.15) is 57.6 Å². The van der Waals surface area contributed by atoms with Gasteiger partial charge in [0.25, 0.3) is 0 Å². The summed E-state index contributed by atoms with van der Waals surface area (Å²) >= 11 is 1.54. The summed E-state index contributed by atoms with van der Waals surface area (Å²) in [5.41, 5.74) is 1.82. The van der Waals surface area contributed by atoms with Crippen molar-refractivity contribution in [2.75, 3.05) is 11.1 Å². The summed E-state index contributed by atoms with van der Waals surface area (Å²) in [6.45, 7) is 5.75. The van der Waals surface area contributed by atoms with E-state index in [0.29, 0.717) is 28.6 Å². The maximum absolute atomic E-state index is 13.7. The first-order valence-corrected chi connectivity index (χ1v) is 13.2. The highest BCUT2D eigenvalue weighted by Gasteiger charge is 2.55. The summed E-state index contributed by atoms with van der Waals surface area (Å²) in [7, 11) is 0. The van der Waals surface area contributed by atoms with Crippen LogP contribution in [-0.2, 0) is 9.47 Å². The summed E-state index contributed by atoms with van der Waals surface area (Å²) < 4.78 is 40.9. The van der Waals surface area contributed by atoms with Crippen molar-refractivity contribution in [1.29, 1.82) is 0 Å². The second kappa shape index (κ2) is 8.86. The molecule has 3 fully saturated rings. The van der Waals surface area contributed by atoms with Crippen LogP contribution in [0.15, 0.2) is 23.4 Å². The molecule has 6 atom stereocenters. The predicted octanol–water partition coefficient (Wildman–Crippen LogP) is 3.80. The lowest BCUT2D eigenvalue weighted by Crippen LogP contribution is -2.29. The van der Waals surface area contributed by atoms with Crippen LogP contribution in [0.25, 0.3) is 11.2 Å². The van der Waals surface area contributed by atoms with Crippen LogP contribution in [0.2, 0.25) is 0 Å². The van der Waals surface area contributed by atoms with Crippen LogP contribution in [-0.4, -0.2) is 66.0 Å². The van der Waals surface area contributed by atoms with E-state index in [4.69, 9.17) is 19.4 Å². The van der Waals surface area contributed by atoms with Crippen molar-refractivity contribution in [2.24, 2.45) is 0 Å². The lowest BCUT2D eigenvalue weighted by molar-refractivity contribution is -0.165. The Hall–Kier alpha value is -2.41. The smallest absolute Gasteiger partial charge is 0.191 e. The zero-order valence-electron chi connectivity index (χ0n) is 20.2. The molecular formula is C24H28F2N6O3S. The fraction of sp³-hybridized carbons (Fsp3) is 0.583. The number of fused-ring (bicyclic) bond motifs is 2. The molecule has 2 aromatic heterocycles. The van der Waals surface area contributed by atoms with Crippen molar-refractivity contribution in [1.82, 2.24) is 25.0 Å². The number of hydrogen-bond acceptors (Lipinski definition) is 9. The second-order valence-corrected chi connectivity index (χ2v) is 11.2. The first-order valence-electron chi connectivity index (χ1n) is 12.2. The first kappa shape index (κ1) is 24.0. The van der Waals surface area contributed by atoms with Gasteiger partial charge in [-0.3, -0.25) is 0 Å². The third kappa shape index (κ3) is 4.23. The van der Waals surface area contributed by atoms with Crippen molar-refractivity contribution >= 4 is 28.7 Å². The molecule has 0 unspecified atom stereocenters. The molecule has 2 saturated carbocycles. The molecule has 1 aliphatic heterocycles. The molecule has 1 aromatic carbocycles. The van der Waals surface area contributed by atoms with Gasteiger partial charge in [0.2, 0.25) is 0 Å². The topological polar surface area (TPSA) is 107 Å². The number of benzene rings is 1. The molecule has 0 spiro atoms. The molecule has 2 N–H and O–H groups in total. The van der Waals surface area contributed by atoms with Crippen molar-refractivity contribution in [3.05, 3.63) is 35.4 Å². The number of aromatic nitrogens is 5. The lowest BCUT2D eigenvalue weighted by Gasteiger charge is -2.22. The average Bonchev–Trinajstić information content (AvgIpc) is 3.19. The molecule has 0 amide bonds. The van der Waals surface area contributed by atoms with Crippen LogP contribution in [0.4, 0.5) is 14.6 Å². The Balaban J connectivity index is 1.32. The standard InChI is InChI=1S/C24H28F2N6O3S/c1-4-7-36-23-28-21(27-15-9-12(15)11-5-6-13(25)14(26)8-11)18-22(29-23)32(31-30-18)16-10-17(33)20-19(16)34-24(2,3)35-20/h5-6,8,12,15-17,19-20,33H,4,7,9-10H2,1-3H3,(H,27,28,29)/t12-,15+,16-,17+,19+,20-/m0/s1. The quantitative estimate of drug-likeness (QED) is 0.357.